The number of nitro benzene ring substituents is 1. The average Bonchev–Trinajstić information content (AvgIpc) is 2.36. The largest absolute Gasteiger partial charge is 0.396 e. The number of aryl methyl sites for hydroxylation is 1. The van der Waals surface area contributed by atoms with E-state index in [1.165, 1.54) is 6.07 Å². The Bertz CT molecular complexity index is 488. The minimum atomic E-state index is -0.551. The minimum Gasteiger partial charge on any atom is -0.396 e. The van der Waals surface area contributed by atoms with Crippen LogP contribution >= 0.6 is 0 Å². The fraction of sp³-hybridized carbons (Fsp3) is 0.462. The number of hydrogen-bond donors (Lipinski definition) is 2. The van der Waals surface area contributed by atoms with E-state index in [1.54, 1.807) is 32.9 Å². The second-order valence-corrected chi connectivity index (χ2v) is 4.65. The Hall–Kier alpha value is -1.95. The standard InChI is InChI=1S/C13H18N2O4/c1-8-5-4-6-11(12(8)15(18)19)13(17)14-10(3)9(2)7-16/h4-6,9-10,16H,7H2,1-3H3,(H,14,17)/t9-,10+/m1/s1. The van der Waals surface area contributed by atoms with E-state index < -0.39 is 10.8 Å². The molecule has 2 atom stereocenters. The fourth-order valence-electron chi connectivity index (χ4n) is 1.67. The van der Waals surface area contributed by atoms with Gasteiger partial charge >= 0.3 is 0 Å². The van der Waals surface area contributed by atoms with Gasteiger partial charge in [0, 0.05) is 18.2 Å². The van der Waals surface area contributed by atoms with Crippen LogP contribution in [0.3, 0.4) is 0 Å². The van der Waals surface area contributed by atoms with Crippen LogP contribution in [0.25, 0.3) is 0 Å². The summed E-state index contributed by atoms with van der Waals surface area (Å²) in [5.74, 6) is -0.615. The van der Waals surface area contributed by atoms with Crippen molar-refractivity contribution in [2.45, 2.75) is 26.8 Å². The number of carbonyl (C=O) groups is 1. The van der Waals surface area contributed by atoms with Crippen LogP contribution in [0.2, 0.25) is 0 Å². The van der Waals surface area contributed by atoms with Gasteiger partial charge in [0.25, 0.3) is 11.6 Å². The number of carbonyl (C=O) groups excluding carboxylic acids is 1. The highest BCUT2D eigenvalue weighted by atomic mass is 16.6. The Labute approximate surface area is 111 Å². The first-order chi connectivity index (χ1) is 8.88. The lowest BCUT2D eigenvalue weighted by Crippen LogP contribution is -2.38. The molecule has 1 aromatic rings. The normalized spacial score (nSPS) is 13.7. The van der Waals surface area contributed by atoms with Gasteiger partial charge in [0.15, 0.2) is 0 Å². The molecule has 0 aromatic heterocycles. The Kier molecular flexibility index (Phi) is 5.00. The van der Waals surface area contributed by atoms with Crippen molar-refractivity contribution < 1.29 is 14.8 Å². The number of nitrogens with one attached hydrogen (secondary N) is 1. The highest BCUT2D eigenvalue weighted by Crippen LogP contribution is 2.23. The van der Waals surface area contributed by atoms with Crippen molar-refractivity contribution in [1.29, 1.82) is 0 Å². The van der Waals surface area contributed by atoms with Crippen molar-refractivity contribution in [2.75, 3.05) is 6.61 Å². The van der Waals surface area contributed by atoms with Gasteiger partial charge in [-0.2, -0.15) is 0 Å². The van der Waals surface area contributed by atoms with Crippen LogP contribution in [-0.2, 0) is 0 Å². The molecule has 104 valence electrons. The summed E-state index contributed by atoms with van der Waals surface area (Å²) in [5.41, 5.74) is 0.311. The highest BCUT2D eigenvalue weighted by Gasteiger charge is 2.24. The van der Waals surface area contributed by atoms with Crippen molar-refractivity contribution in [3.05, 3.63) is 39.4 Å². The number of benzene rings is 1. The highest BCUT2D eigenvalue weighted by molar-refractivity contribution is 5.98. The SMILES string of the molecule is Cc1cccc(C(=O)N[C@@H](C)[C@H](C)CO)c1[N+](=O)[O-]. The average molecular weight is 266 g/mol. The van der Waals surface area contributed by atoms with Crippen molar-refractivity contribution in [2.24, 2.45) is 5.92 Å². The Morgan fingerprint density at radius 1 is 1.47 bits per heavy atom. The summed E-state index contributed by atoms with van der Waals surface area (Å²) in [5, 5.41) is 22.7. The molecule has 6 heteroatoms. The quantitative estimate of drug-likeness (QED) is 0.626. The van der Waals surface area contributed by atoms with E-state index in [-0.39, 0.29) is 29.8 Å². The van der Waals surface area contributed by atoms with E-state index in [2.05, 4.69) is 5.32 Å². The summed E-state index contributed by atoms with van der Waals surface area (Å²) in [6.45, 7) is 5.07. The molecule has 0 aliphatic carbocycles. The van der Waals surface area contributed by atoms with E-state index in [9.17, 15) is 14.9 Å². The van der Waals surface area contributed by atoms with Crippen LogP contribution in [0.4, 0.5) is 5.69 Å². The first kappa shape index (κ1) is 15.1. The molecule has 1 amide bonds. The van der Waals surface area contributed by atoms with E-state index in [0.29, 0.717) is 5.56 Å². The Morgan fingerprint density at radius 2 is 2.11 bits per heavy atom. The molecule has 0 radical (unpaired) electrons. The third kappa shape index (κ3) is 3.51. The third-order valence-corrected chi connectivity index (χ3v) is 3.17. The molecule has 0 unspecified atom stereocenters. The second kappa shape index (κ2) is 6.29. The zero-order valence-corrected chi connectivity index (χ0v) is 11.2. The molecule has 0 aliphatic rings. The number of aliphatic hydroxyl groups excluding tert-OH is 1. The Balaban J connectivity index is 3.01. The molecule has 1 rings (SSSR count). The van der Waals surface area contributed by atoms with Crippen molar-refractivity contribution >= 4 is 11.6 Å². The summed E-state index contributed by atoms with van der Waals surface area (Å²) in [7, 11) is 0. The lowest BCUT2D eigenvalue weighted by molar-refractivity contribution is -0.385. The van der Waals surface area contributed by atoms with Crippen LogP contribution < -0.4 is 5.32 Å². The summed E-state index contributed by atoms with van der Waals surface area (Å²) in [6, 6.07) is 4.36. The molecule has 0 fully saturated rings. The van der Waals surface area contributed by atoms with Crippen molar-refractivity contribution in [1.82, 2.24) is 5.32 Å². The molecule has 0 saturated heterocycles. The van der Waals surface area contributed by atoms with Crippen LogP contribution in [0.15, 0.2) is 18.2 Å². The number of nitro groups is 1. The lowest BCUT2D eigenvalue weighted by atomic mass is 10.0. The van der Waals surface area contributed by atoms with Gasteiger partial charge in [-0.1, -0.05) is 19.1 Å². The Morgan fingerprint density at radius 3 is 2.63 bits per heavy atom. The van der Waals surface area contributed by atoms with Gasteiger partial charge in [0.05, 0.1) is 4.92 Å². The zero-order valence-electron chi connectivity index (χ0n) is 11.2. The maximum atomic E-state index is 12.1. The monoisotopic (exact) mass is 266 g/mol. The van der Waals surface area contributed by atoms with E-state index in [0.717, 1.165) is 0 Å². The predicted octanol–water partition coefficient (Wildman–Crippen LogP) is 1.65. The van der Waals surface area contributed by atoms with Crippen molar-refractivity contribution in [3.63, 3.8) is 0 Å². The number of nitrogens with zero attached hydrogens (tertiary/aromatic N) is 1. The minimum absolute atomic E-state index is 0.0435. The van der Waals surface area contributed by atoms with Gasteiger partial charge in [-0.15, -0.1) is 0 Å². The topological polar surface area (TPSA) is 92.5 Å². The molecule has 1 aromatic carbocycles. The first-order valence-corrected chi connectivity index (χ1v) is 6.04. The van der Waals surface area contributed by atoms with E-state index >= 15 is 0 Å². The van der Waals surface area contributed by atoms with Crippen molar-refractivity contribution in [3.8, 4) is 0 Å². The van der Waals surface area contributed by atoms with Gasteiger partial charge < -0.3 is 10.4 Å². The summed E-state index contributed by atoms with van der Waals surface area (Å²) in [4.78, 5) is 22.5. The van der Waals surface area contributed by atoms with Gasteiger partial charge in [0.1, 0.15) is 5.56 Å². The summed E-state index contributed by atoms with van der Waals surface area (Å²) >= 11 is 0. The fourth-order valence-corrected chi connectivity index (χ4v) is 1.67. The molecule has 0 heterocycles. The molecule has 0 spiro atoms. The smallest absolute Gasteiger partial charge is 0.285 e. The van der Waals surface area contributed by atoms with Crippen LogP contribution in [0, 0.1) is 23.0 Å². The maximum absolute atomic E-state index is 12.1. The molecule has 2 N–H and O–H groups in total. The summed E-state index contributed by atoms with van der Waals surface area (Å²) < 4.78 is 0. The van der Waals surface area contributed by atoms with Gasteiger partial charge in [-0.05, 0) is 25.8 Å². The lowest BCUT2D eigenvalue weighted by Gasteiger charge is -2.19. The van der Waals surface area contributed by atoms with E-state index in [1.807, 2.05) is 0 Å². The molecular formula is C13H18N2O4. The molecule has 6 nitrogen and oxygen atoms in total. The first-order valence-electron chi connectivity index (χ1n) is 6.04. The molecule has 0 aliphatic heterocycles. The van der Waals surface area contributed by atoms with Gasteiger partial charge in [0.2, 0.25) is 0 Å². The molecule has 19 heavy (non-hydrogen) atoms. The number of para-hydroxylation sites is 1. The molecule has 0 bridgehead atoms. The third-order valence-electron chi connectivity index (χ3n) is 3.17. The predicted molar refractivity (Wildman–Crippen MR) is 71.0 cm³/mol. The zero-order chi connectivity index (χ0) is 14.6. The van der Waals surface area contributed by atoms with Crippen LogP contribution in [-0.4, -0.2) is 28.6 Å². The number of hydrogen-bond acceptors (Lipinski definition) is 4. The molecule has 0 saturated carbocycles. The van der Waals surface area contributed by atoms with Crippen LogP contribution in [0.1, 0.15) is 29.8 Å². The van der Waals surface area contributed by atoms with Crippen LogP contribution in [0.5, 0.6) is 0 Å². The number of aliphatic hydroxyl groups is 1. The van der Waals surface area contributed by atoms with Gasteiger partial charge in [-0.25, -0.2) is 0 Å². The number of rotatable bonds is 5. The molecular weight excluding hydrogens is 248 g/mol. The van der Waals surface area contributed by atoms with E-state index in [4.69, 9.17) is 5.11 Å². The maximum Gasteiger partial charge on any atom is 0.285 e. The number of amides is 1. The summed E-state index contributed by atoms with van der Waals surface area (Å²) in [6.07, 6.45) is 0. The van der Waals surface area contributed by atoms with Gasteiger partial charge in [-0.3, -0.25) is 14.9 Å². The second-order valence-electron chi connectivity index (χ2n) is 4.65.